The van der Waals surface area contributed by atoms with Crippen LogP contribution in [0.25, 0.3) is 0 Å². The van der Waals surface area contributed by atoms with Crippen LogP contribution in [0.15, 0.2) is 54.6 Å². The van der Waals surface area contributed by atoms with Crippen molar-refractivity contribution in [2.45, 2.75) is 39.4 Å². The van der Waals surface area contributed by atoms with Gasteiger partial charge in [-0.15, -0.1) is 0 Å². The molecule has 0 aliphatic rings. The molecule has 0 saturated carbocycles. The molecular formula is C21H26O4. The Bertz CT molecular complexity index is 622. The summed E-state index contributed by atoms with van der Waals surface area (Å²) in [6.45, 7) is 5.25. The molecule has 25 heavy (non-hydrogen) atoms. The van der Waals surface area contributed by atoms with E-state index in [0.29, 0.717) is 26.2 Å². The first-order valence-electron chi connectivity index (χ1n) is 8.76. The number of benzene rings is 2. The van der Waals surface area contributed by atoms with Crippen molar-refractivity contribution >= 4 is 5.97 Å². The van der Waals surface area contributed by atoms with Crippen molar-refractivity contribution in [2.75, 3.05) is 13.2 Å². The fraction of sp³-hybridized carbons (Fsp3) is 0.381. The van der Waals surface area contributed by atoms with Gasteiger partial charge >= 0.3 is 5.97 Å². The summed E-state index contributed by atoms with van der Waals surface area (Å²) in [7, 11) is 0. The highest BCUT2D eigenvalue weighted by atomic mass is 16.6. The molecule has 0 fully saturated rings. The molecule has 2 rings (SSSR count). The Kier molecular flexibility index (Phi) is 7.99. The third-order valence-electron chi connectivity index (χ3n) is 3.67. The van der Waals surface area contributed by atoms with E-state index in [9.17, 15) is 4.79 Å². The molecule has 0 aliphatic heterocycles. The van der Waals surface area contributed by atoms with Gasteiger partial charge in [-0.3, -0.25) is 0 Å². The van der Waals surface area contributed by atoms with Crippen LogP contribution in [-0.2, 0) is 27.3 Å². The molecule has 0 saturated heterocycles. The van der Waals surface area contributed by atoms with E-state index in [-0.39, 0.29) is 5.97 Å². The largest absolute Gasteiger partial charge is 0.489 e. The van der Waals surface area contributed by atoms with Gasteiger partial charge in [0.15, 0.2) is 6.10 Å². The van der Waals surface area contributed by atoms with Gasteiger partial charge in [-0.1, -0.05) is 49.4 Å². The van der Waals surface area contributed by atoms with E-state index < -0.39 is 6.10 Å². The fourth-order valence-corrected chi connectivity index (χ4v) is 2.38. The van der Waals surface area contributed by atoms with Crippen LogP contribution >= 0.6 is 0 Å². The van der Waals surface area contributed by atoms with E-state index >= 15 is 0 Å². The van der Waals surface area contributed by atoms with E-state index in [1.165, 1.54) is 0 Å². The number of ether oxygens (including phenoxy) is 3. The summed E-state index contributed by atoms with van der Waals surface area (Å²) in [5, 5.41) is 0. The smallest absolute Gasteiger partial charge is 0.335 e. The lowest BCUT2D eigenvalue weighted by Crippen LogP contribution is -2.29. The molecule has 0 heterocycles. The summed E-state index contributed by atoms with van der Waals surface area (Å²) in [4.78, 5) is 12.0. The van der Waals surface area contributed by atoms with Crippen LogP contribution in [0.5, 0.6) is 5.75 Å². The molecule has 0 amide bonds. The molecule has 134 valence electrons. The SMILES string of the molecule is CCCO[C@@H](Cc1ccc(OCc2ccccc2)cc1)C(=O)OCC. The van der Waals surface area contributed by atoms with E-state index in [1.807, 2.05) is 61.5 Å². The average Bonchev–Trinajstić information content (AvgIpc) is 2.65. The monoisotopic (exact) mass is 342 g/mol. The highest BCUT2D eigenvalue weighted by Crippen LogP contribution is 2.16. The Morgan fingerprint density at radius 2 is 1.68 bits per heavy atom. The van der Waals surface area contributed by atoms with Crippen molar-refractivity contribution in [3.8, 4) is 5.75 Å². The van der Waals surface area contributed by atoms with Crippen molar-refractivity contribution in [3.05, 3.63) is 65.7 Å². The van der Waals surface area contributed by atoms with Crippen molar-refractivity contribution in [1.82, 2.24) is 0 Å². The minimum Gasteiger partial charge on any atom is -0.489 e. The van der Waals surface area contributed by atoms with Gasteiger partial charge in [0.2, 0.25) is 0 Å². The average molecular weight is 342 g/mol. The second kappa shape index (κ2) is 10.5. The third kappa shape index (κ3) is 6.59. The molecule has 1 atom stereocenters. The second-order valence-corrected chi connectivity index (χ2v) is 5.73. The van der Waals surface area contributed by atoms with Gasteiger partial charge in [0.25, 0.3) is 0 Å². The zero-order chi connectivity index (χ0) is 17.9. The number of carbonyl (C=O) groups is 1. The first-order valence-corrected chi connectivity index (χ1v) is 8.76. The zero-order valence-electron chi connectivity index (χ0n) is 14.9. The molecule has 0 aliphatic carbocycles. The van der Waals surface area contributed by atoms with E-state index in [0.717, 1.165) is 23.3 Å². The number of hydrogen-bond acceptors (Lipinski definition) is 4. The molecule has 0 spiro atoms. The lowest BCUT2D eigenvalue weighted by molar-refractivity contribution is -0.156. The third-order valence-corrected chi connectivity index (χ3v) is 3.67. The second-order valence-electron chi connectivity index (χ2n) is 5.73. The maximum atomic E-state index is 12.0. The van der Waals surface area contributed by atoms with Crippen molar-refractivity contribution in [1.29, 1.82) is 0 Å². The molecule has 0 N–H and O–H groups in total. The first kappa shape index (κ1) is 19.0. The number of esters is 1. The Hall–Kier alpha value is -2.33. The number of carbonyl (C=O) groups excluding carboxylic acids is 1. The molecule has 0 radical (unpaired) electrons. The molecule has 2 aromatic carbocycles. The maximum absolute atomic E-state index is 12.0. The summed E-state index contributed by atoms with van der Waals surface area (Å²) in [6, 6.07) is 17.8. The van der Waals surface area contributed by atoms with Gasteiger partial charge in [0.1, 0.15) is 12.4 Å². The molecular weight excluding hydrogens is 316 g/mol. The molecule has 2 aromatic rings. The Balaban J connectivity index is 1.91. The lowest BCUT2D eigenvalue weighted by atomic mass is 10.1. The topological polar surface area (TPSA) is 44.8 Å². The van der Waals surface area contributed by atoms with Gasteiger partial charge in [0, 0.05) is 13.0 Å². The fourth-order valence-electron chi connectivity index (χ4n) is 2.38. The minimum atomic E-state index is -0.559. The first-order chi connectivity index (χ1) is 12.2. The van der Waals surface area contributed by atoms with Crippen LogP contribution in [0.3, 0.4) is 0 Å². The molecule has 4 heteroatoms. The standard InChI is InChI=1S/C21H26O4/c1-3-14-24-20(21(22)23-4-2)15-17-10-12-19(13-11-17)25-16-18-8-6-5-7-9-18/h5-13,20H,3-4,14-16H2,1-2H3/t20-/m0/s1. The minimum absolute atomic E-state index is 0.305. The van der Waals surface area contributed by atoms with Crippen LogP contribution in [-0.4, -0.2) is 25.3 Å². The predicted octanol–water partition coefficient (Wildman–Crippen LogP) is 4.17. The predicted molar refractivity (Wildman–Crippen MR) is 97.6 cm³/mol. The van der Waals surface area contributed by atoms with Crippen LogP contribution < -0.4 is 4.74 Å². The summed E-state index contributed by atoms with van der Waals surface area (Å²) >= 11 is 0. The van der Waals surface area contributed by atoms with E-state index in [4.69, 9.17) is 14.2 Å². The molecule has 0 aromatic heterocycles. The van der Waals surface area contributed by atoms with Crippen LogP contribution in [0.2, 0.25) is 0 Å². The summed E-state index contributed by atoms with van der Waals surface area (Å²) in [6.07, 6.45) is 0.802. The van der Waals surface area contributed by atoms with Gasteiger partial charge in [-0.2, -0.15) is 0 Å². The quantitative estimate of drug-likeness (QED) is 0.608. The maximum Gasteiger partial charge on any atom is 0.335 e. The Morgan fingerprint density at radius 1 is 0.960 bits per heavy atom. The number of hydrogen-bond donors (Lipinski definition) is 0. The van der Waals surface area contributed by atoms with Crippen molar-refractivity contribution in [3.63, 3.8) is 0 Å². The van der Waals surface area contributed by atoms with Crippen LogP contribution in [0.1, 0.15) is 31.4 Å². The summed E-state index contributed by atoms with van der Waals surface area (Å²) < 4.78 is 16.5. The normalized spacial score (nSPS) is 11.8. The Labute approximate surface area is 149 Å². The van der Waals surface area contributed by atoms with Gasteiger partial charge in [-0.05, 0) is 36.6 Å². The number of rotatable bonds is 10. The lowest BCUT2D eigenvalue weighted by Gasteiger charge is -2.16. The van der Waals surface area contributed by atoms with Crippen molar-refractivity contribution in [2.24, 2.45) is 0 Å². The Morgan fingerprint density at radius 3 is 2.32 bits per heavy atom. The van der Waals surface area contributed by atoms with Gasteiger partial charge in [-0.25, -0.2) is 4.79 Å². The molecule has 0 unspecified atom stereocenters. The molecule has 4 nitrogen and oxygen atoms in total. The van der Waals surface area contributed by atoms with Crippen LogP contribution in [0.4, 0.5) is 0 Å². The van der Waals surface area contributed by atoms with Crippen molar-refractivity contribution < 1.29 is 19.0 Å². The molecule has 0 bridgehead atoms. The van der Waals surface area contributed by atoms with Gasteiger partial charge in [0.05, 0.1) is 6.61 Å². The zero-order valence-corrected chi connectivity index (χ0v) is 14.9. The van der Waals surface area contributed by atoms with E-state index in [1.54, 1.807) is 6.92 Å². The highest BCUT2D eigenvalue weighted by molar-refractivity contribution is 5.75. The summed E-state index contributed by atoms with van der Waals surface area (Å²) in [5.74, 6) is 0.495. The van der Waals surface area contributed by atoms with Crippen LogP contribution in [0, 0.1) is 0 Å². The highest BCUT2D eigenvalue weighted by Gasteiger charge is 2.20. The van der Waals surface area contributed by atoms with E-state index in [2.05, 4.69) is 0 Å². The summed E-state index contributed by atoms with van der Waals surface area (Å²) in [5.41, 5.74) is 2.14. The van der Waals surface area contributed by atoms with Gasteiger partial charge < -0.3 is 14.2 Å².